The number of carbonyl (C=O) groups excluding carboxylic acids is 3. The average Bonchev–Trinajstić information content (AvgIpc) is 3.01. The van der Waals surface area contributed by atoms with Crippen molar-refractivity contribution in [2.45, 2.75) is 26.7 Å². The number of nitrogens with one attached hydrogen (secondary N) is 2. The molecule has 1 aliphatic heterocycles. The molecular weight excluding hydrogens is 330 g/mol. The Hall–Kier alpha value is -3.15. The van der Waals surface area contributed by atoms with Gasteiger partial charge in [-0.3, -0.25) is 14.4 Å². The third-order valence-electron chi connectivity index (χ3n) is 4.30. The van der Waals surface area contributed by atoms with Gasteiger partial charge in [0, 0.05) is 30.0 Å². The van der Waals surface area contributed by atoms with Crippen molar-refractivity contribution in [3.8, 4) is 0 Å². The number of carbonyl (C=O) groups is 3. The minimum Gasteiger partial charge on any atom is -0.318 e. The van der Waals surface area contributed by atoms with Crippen LogP contribution in [0.1, 0.15) is 24.0 Å². The molecule has 0 unspecified atom stereocenters. The van der Waals surface area contributed by atoms with Gasteiger partial charge in [0.15, 0.2) is 0 Å². The van der Waals surface area contributed by atoms with Crippen molar-refractivity contribution in [2.75, 3.05) is 22.1 Å². The first-order chi connectivity index (χ1) is 12.4. The van der Waals surface area contributed by atoms with Gasteiger partial charge in [-0.05, 0) is 61.7 Å². The summed E-state index contributed by atoms with van der Waals surface area (Å²) in [6.07, 6.45) is 1.42. The van der Waals surface area contributed by atoms with Crippen molar-refractivity contribution < 1.29 is 14.4 Å². The fourth-order valence-corrected chi connectivity index (χ4v) is 3.04. The smallest absolute Gasteiger partial charge is 0.314 e. The summed E-state index contributed by atoms with van der Waals surface area (Å²) in [4.78, 5) is 37.8. The van der Waals surface area contributed by atoms with Crippen LogP contribution in [0.5, 0.6) is 0 Å². The van der Waals surface area contributed by atoms with Gasteiger partial charge < -0.3 is 15.5 Å². The lowest BCUT2D eigenvalue weighted by Gasteiger charge is -2.19. The average molecular weight is 351 g/mol. The summed E-state index contributed by atoms with van der Waals surface area (Å²) in [5, 5.41) is 5.17. The second-order valence-corrected chi connectivity index (χ2v) is 6.43. The van der Waals surface area contributed by atoms with E-state index in [-0.39, 0.29) is 5.91 Å². The molecule has 3 rings (SSSR count). The summed E-state index contributed by atoms with van der Waals surface area (Å²) in [7, 11) is 0. The highest BCUT2D eigenvalue weighted by atomic mass is 16.2. The van der Waals surface area contributed by atoms with Crippen molar-refractivity contribution in [1.29, 1.82) is 0 Å². The van der Waals surface area contributed by atoms with Crippen LogP contribution >= 0.6 is 0 Å². The molecule has 2 aromatic carbocycles. The fourth-order valence-electron chi connectivity index (χ4n) is 3.04. The van der Waals surface area contributed by atoms with E-state index in [1.165, 1.54) is 0 Å². The maximum absolute atomic E-state index is 12.1. The van der Waals surface area contributed by atoms with Crippen molar-refractivity contribution >= 4 is 34.8 Å². The fraction of sp³-hybridized carbons (Fsp3) is 0.250. The van der Waals surface area contributed by atoms with E-state index in [1.807, 2.05) is 26.0 Å². The molecule has 6 heteroatoms. The van der Waals surface area contributed by atoms with E-state index >= 15 is 0 Å². The van der Waals surface area contributed by atoms with Crippen LogP contribution in [0.25, 0.3) is 0 Å². The van der Waals surface area contributed by atoms with Gasteiger partial charge in [0.1, 0.15) is 0 Å². The number of nitrogens with zero attached hydrogens (tertiary/aromatic N) is 1. The van der Waals surface area contributed by atoms with Crippen LogP contribution in [0.15, 0.2) is 42.5 Å². The highest BCUT2D eigenvalue weighted by Gasteiger charge is 2.23. The largest absolute Gasteiger partial charge is 0.318 e. The van der Waals surface area contributed by atoms with E-state index in [4.69, 9.17) is 0 Å². The molecule has 0 saturated carbocycles. The first-order valence-corrected chi connectivity index (χ1v) is 8.54. The Morgan fingerprint density at radius 1 is 0.962 bits per heavy atom. The van der Waals surface area contributed by atoms with Gasteiger partial charge in [-0.15, -0.1) is 0 Å². The first kappa shape index (κ1) is 17.7. The number of anilines is 3. The Bertz CT molecular complexity index is 876. The highest BCUT2D eigenvalue weighted by molar-refractivity contribution is 6.43. The van der Waals surface area contributed by atoms with Crippen LogP contribution in [0.3, 0.4) is 0 Å². The molecule has 1 aliphatic rings. The maximum Gasteiger partial charge on any atom is 0.314 e. The van der Waals surface area contributed by atoms with Crippen LogP contribution in [0.2, 0.25) is 0 Å². The van der Waals surface area contributed by atoms with Crippen molar-refractivity contribution in [3.05, 3.63) is 53.6 Å². The van der Waals surface area contributed by atoms with E-state index in [0.29, 0.717) is 24.3 Å². The summed E-state index contributed by atoms with van der Waals surface area (Å²) in [5.41, 5.74) is 3.80. The molecule has 1 fully saturated rings. The number of hydrogen-bond acceptors (Lipinski definition) is 3. The molecule has 1 saturated heterocycles. The summed E-state index contributed by atoms with van der Waals surface area (Å²) < 4.78 is 0. The van der Waals surface area contributed by atoms with Crippen molar-refractivity contribution in [2.24, 2.45) is 0 Å². The number of benzene rings is 2. The maximum atomic E-state index is 12.1. The van der Waals surface area contributed by atoms with Crippen LogP contribution in [-0.2, 0) is 14.4 Å². The lowest BCUT2D eigenvalue weighted by Crippen LogP contribution is -2.29. The minimum atomic E-state index is -0.740. The molecule has 1 heterocycles. The third-order valence-corrected chi connectivity index (χ3v) is 4.30. The zero-order valence-corrected chi connectivity index (χ0v) is 14.8. The van der Waals surface area contributed by atoms with E-state index in [1.54, 1.807) is 35.2 Å². The van der Waals surface area contributed by atoms with Crippen LogP contribution in [0, 0.1) is 13.8 Å². The van der Waals surface area contributed by atoms with Gasteiger partial charge >= 0.3 is 11.8 Å². The molecule has 6 nitrogen and oxygen atoms in total. The highest BCUT2D eigenvalue weighted by Crippen LogP contribution is 2.27. The molecule has 134 valence electrons. The molecule has 3 amide bonds. The predicted molar refractivity (Wildman–Crippen MR) is 101 cm³/mol. The van der Waals surface area contributed by atoms with Gasteiger partial charge in [-0.25, -0.2) is 0 Å². The number of rotatable bonds is 3. The van der Waals surface area contributed by atoms with Gasteiger partial charge in [0.25, 0.3) is 0 Å². The Morgan fingerprint density at radius 2 is 1.65 bits per heavy atom. The van der Waals surface area contributed by atoms with Crippen molar-refractivity contribution in [3.63, 3.8) is 0 Å². The van der Waals surface area contributed by atoms with Gasteiger partial charge in [0.05, 0.1) is 0 Å². The summed E-state index contributed by atoms with van der Waals surface area (Å²) in [5.74, 6) is -1.36. The van der Waals surface area contributed by atoms with Gasteiger partial charge in [0.2, 0.25) is 5.91 Å². The molecule has 0 atom stereocenters. The summed E-state index contributed by atoms with van der Waals surface area (Å²) >= 11 is 0. The monoisotopic (exact) mass is 351 g/mol. The standard InChI is InChI=1S/C20H21N3O3/c1-13-5-3-6-15(11-13)21-19(25)20(26)22-16-8-9-17(14(2)12-16)23-10-4-7-18(23)24/h3,5-6,8-9,11-12H,4,7,10H2,1-2H3,(H,21,25)(H,22,26). The normalized spacial score (nSPS) is 13.6. The zero-order valence-electron chi connectivity index (χ0n) is 14.8. The molecule has 0 aliphatic carbocycles. The van der Waals surface area contributed by atoms with Crippen molar-refractivity contribution in [1.82, 2.24) is 0 Å². The lowest BCUT2D eigenvalue weighted by molar-refractivity contribution is -0.132. The van der Waals surface area contributed by atoms with E-state index in [9.17, 15) is 14.4 Å². The Kier molecular flexibility index (Phi) is 5.02. The summed E-state index contributed by atoms with van der Waals surface area (Å²) in [6, 6.07) is 12.5. The molecule has 2 aromatic rings. The minimum absolute atomic E-state index is 0.113. The topological polar surface area (TPSA) is 78.5 Å². The first-order valence-electron chi connectivity index (χ1n) is 8.54. The van der Waals surface area contributed by atoms with Crippen LogP contribution in [0.4, 0.5) is 17.1 Å². The predicted octanol–water partition coefficient (Wildman–Crippen LogP) is 3.01. The SMILES string of the molecule is Cc1cccc(NC(=O)C(=O)Nc2ccc(N3CCCC3=O)c(C)c2)c1. The van der Waals surface area contributed by atoms with E-state index in [0.717, 1.165) is 23.2 Å². The Balaban J connectivity index is 1.66. The lowest BCUT2D eigenvalue weighted by atomic mass is 10.1. The number of aryl methyl sites for hydroxylation is 2. The summed E-state index contributed by atoms with van der Waals surface area (Å²) in [6.45, 7) is 4.50. The number of hydrogen-bond donors (Lipinski definition) is 2. The molecule has 2 N–H and O–H groups in total. The van der Waals surface area contributed by atoms with E-state index < -0.39 is 11.8 Å². The van der Waals surface area contributed by atoms with Crippen LogP contribution < -0.4 is 15.5 Å². The molecule has 0 bridgehead atoms. The Labute approximate surface area is 152 Å². The second kappa shape index (κ2) is 7.39. The van der Waals surface area contributed by atoms with Gasteiger partial charge in [-0.2, -0.15) is 0 Å². The number of amides is 3. The zero-order chi connectivity index (χ0) is 18.7. The molecule has 0 aromatic heterocycles. The molecular formula is C20H21N3O3. The van der Waals surface area contributed by atoms with E-state index in [2.05, 4.69) is 10.6 Å². The molecule has 0 spiro atoms. The Morgan fingerprint density at radius 3 is 2.23 bits per heavy atom. The third kappa shape index (κ3) is 3.91. The quantitative estimate of drug-likeness (QED) is 0.835. The van der Waals surface area contributed by atoms with Crippen LogP contribution in [-0.4, -0.2) is 24.3 Å². The molecule has 0 radical (unpaired) electrons. The second-order valence-electron chi connectivity index (χ2n) is 6.43. The molecule has 26 heavy (non-hydrogen) atoms. The van der Waals surface area contributed by atoms with Gasteiger partial charge in [-0.1, -0.05) is 12.1 Å².